The molecule has 0 radical (unpaired) electrons. The third kappa shape index (κ3) is 3.47. The van der Waals surface area contributed by atoms with Crippen molar-refractivity contribution in [3.63, 3.8) is 0 Å². The lowest BCUT2D eigenvalue weighted by Crippen LogP contribution is -2.15. The molecule has 4 nitrogen and oxygen atoms in total. The third-order valence-corrected chi connectivity index (χ3v) is 2.10. The van der Waals surface area contributed by atoms with Gasteiger partial charge in [0.1, 0.15) is 0 Å². The zero-order chi connectivity index (χ0) is 10.2. The van der Waals surface area contributed by atoms with E-state index in [1.165, 1.54) is 5.69 Å². The smallest absolute Gasteiger partial charge is 0.0948 e. The Balaban J connectivity index is 2.37. The molecule has 0 bridgehead atoms. The molecule has 0 aliphatic heterocycles. The van der Waals surface area contributed by atoms with Crippen LogP contribution in [0.15, 0.2) is 12.5 Å². The molecule has 1 N–H and O–H groups in total. The van der Waals surface area contributed by atoms with Gasteiger partial charge < -0.3 is 14.6 Å². The molecule has 0 amide bonds. The fourth-order valence-electron chi connectivity index (χ4n) is 1.33. The van der Waals surface area contributed by atoms with Crippen LogP contribution in [0.1, 0.15) is 19.0 Å². The second-order valence-corrected chi connectivity index (χ2v) is 3.21. The Morgan fingerprint density at radius 3 is 3.14 bits per heavy atom. The monoisotopic (exact) mass is 197 g/mol. The van der Waals surface area contributed by atoms with Crippen LogP contribution in [-0.4, -0.2) is 29.8 Å². The predicted octanol–water partition coefficient (Wildman–Crippen LogP) is 1.03. The summed E-state index contributed by atoms with van der Waals surface area (Å²) >= 11 is 0. The van der Waals surface area contributed by atoms with Gasteiger partial charge >= 0.3 is 0 Å². The van der Waals surface area contributed by atoms with Crippen LogP contribution in [0.5, 0.6) is 0 Å². The van der Waals surface area contributed by atoms with E-state index >= 15 is 0 Å². The molecule has 0 spiro atoms. The molecule has 0 aliphatic rings. The van der Waals surface area contributed by atoms with Gasteiger partial charge in [-0.1, -0.05) is 6.92 Å². The van der Waals surface area contributed by atoms with Gasteiger partial charge in [0.25, 0.3) is 0 Å². The van der Waals surface area contributed by atoms with Gasteiger partial charge in [-0.15, -0.1) is 0 Å². The topological polar surface area (TPSA) is 39.1 Å². The van der Waals surface area contributed by atoms with E-state index < -0.39 is 0 Å². The second-order valence-electron chi connectivity index (χ2n) is 3.21. The van der Waals surface area contributed by atoms with Gasteiger partial charge in [-0.2, -0.15) is 0 Å². The highest BCUT2D eigenvalue weighted by Crippen LogP contribution is 2.00. The van der Waals surface area contributed by atoms with Crippen molar-refractivity contribution in [1.29, 1.82) is 0 Å². The Morgan fingerprint density at radius 1 is 1.57 bits per heavy atom. The zero-order valence-corrected chi connectivity index (χ0v) is 8.99. The van der Waals surface area contributed by atoms with Crippen molar-refractivity contribution >= 4 is 0 Å². The van der Waals surface area contributed by atoms with Crippen LogP contribution in [0.2, 0.25) is 0 Å². The van der Waals surface area contributed by atoms with E-state index in [4.69, 9.17) is 4.74 Å². The molecule has 14 heavy (non-hydrogen) atoms. The Labute approximate surface area is 85.3 Å². The first kappa shape index (κ1) is 11.2. The summed E-state index contributed by atoms with van der Waals surface area (Å²) in [5.41, 5.74) is 1.24. The van der Waals surface area contributed by atoms with Crippen molar-refractivity contribution in [3.05, 3.63) is 18.2 Å². The first-order chi connectivity index (χ1) is 6.88. The first-order valence-electron chi connectivity index (χ1n) is 5.07. The molecule has 80 valence electrons. The summed E-state index contributed by atoms with van der Waals surface area (Å²) in [5.74, 6) is 0. The maximum atomic E-state index is 5.01. The molecule has 0 saturated carbocycles. The van der Waals surface area contributed by atoms with Gasteiger partial charge in [-0.3, -0.25) is 0 Å². The molecule has 1 rings (SSSR count). The summed E-state index contributed by atoms with van der Waals surface area (Å²) in [5, 5.41) is 3.29. The van der Waals surface area contributed by atoms with E-state index in [1.54, 1.807) is 7.11 Å². The number of hydrogen-bond donors (Lipinski definition) is 1. The van der Waals surface area contributed by atoms with Crippen LogP contribution in [-0.2, 0) is 17.8 Å². The second kappa shape index (κ2) is 6.56. The molecular weight excluding hydrogens is 178 g/mol. The lowest BCUT2D eigenvalue weighted by Gasteiger charge is -2.07. The van der Waals surface area contributed by atoms with Gasteiger partial charge in [0, 0.05) is 33.0 Å². The Hall–Kier alpha value is -0.870. The summed E-state index contributed by atoms with van der Waals surface area (Å²) in [7, 11) is 1.73. The number of methoxy groups -OCH3 is 1. The van der Waals surface area contributed by atoms with Gasteiger partial charge in [0.05, 0.1) is 12.0 Å². The Morgan fingerprint density at radius 2 is 2.43 bits per heavy atom. The van der Waals surface area contributed by atoms with Crippen LogP contribution in [0.3, 0.4) is 0 Å². The maximum Gasteiger partial charge on any atom is 0.0948 e. The van der Waals surface area contributed by atoms with Crippen LogP contribution in [0.4, 0.5) is 0 Å². The molecule has 1 heterocycles. The average Bonchev–Trinajstić information content (AvgIpc) is 2.63. The number of rotatable bonds is 7. The molecular formula is C10H19N3O. The minimum Gasteiger partial charge on any atom is -0.385 e. The fourth-order valence-corrected chi connectivity index (χ4v) is 1.33. The summed E-state index contributed by atoms with van der Waals surface area (Å²) < 4.78 is 7.18. The number of nitrogens with zero attached hydrogens (tertiary/aromatic N) is 2. The minimum absolute atomic E-state index is 0.804. The molecule has 0 aliphatic carbocycles. The minimum atomic E-state index is 0.804. The number of ether oxygens (including phenoxy) is 1. The average molecular weight is 197 g/mol. The van der Waals surface area contributed by atoms with Gasteiger partial charge in [-0.25, -0.2) is 4.98 Å². The van der Waals surface area contributed by atoms with Crippen molar-refractivity contribution in [2.24, 2.45) is 0 Å². The van der Waals surface area contributed by atoms with E-state index in [9.17, 15) is 0 Å². The number of imidazole rings is 1. The molecule has 0 aromatic carbocycles. The van der Waals surface area contributed by atoms with E-state index in [1.807, 2.05) is 12.5 Å². The van der Waals surface area contributed by atoms with Crippen molar-refractivity contribution in [1.82, 2.24) is 14.9 Å². The van der Waals surface area contributed by atoms with Crippen LogP contribution in [0, 0.1) is 0 Å². The Kier molecular flexibility index (Phi) is 5.25. The van der Waals surface area contributed by atoms with Gasteiger partial charge in [0.15, 0.2) is 0 Å². The first-order valence-corrected chi connectivity index (χ1v) is 5.07. The van der Waals surface area contributed by atoms with Crippen molar-refractivity contribution in [2.45, 2.75) is 26.4 Å². The Bertz CT molecular complexity index is 247. The predicted molar refractivity (Wildman–Crippen MR) is 56.1 cm³/mol. The number of nitrogens with one attached hydrogen (secondary N) is 1. The molecule has 1 aromatic rings. The zero-order valence-electron chi connectivity index (χ0n) is 8.99. The van der Waals surface area contributed by atoms with Crippen LogP contribution >= 0.6 is 0 Å². The van der Waals surface area contributed by atoms with Crippen molar-refractivity contribution in [3.8, 4) is 0 Å². The molecule has 4 heteroatoms. The summed E-state index contributed by atoms with van der Waals surface area (Å²) in [6, 6.07) is 0. The summed E-state index contributed by atoms with van der Waals surface area (Å²) in [6.07, 6.45) is 4.82. The van der Waals surface area contributed by atoms with Crippen LogP contribution < -0.4 is 5.32 Å². The van der Waals surface area contributed by atoms with Crippen LogP contribution in [0.25, 0.3) is 0 Å². The maximum absolute atomic E-state index is 5.01. The highest BCUT2D eigenvalue weighted by Gasteiger charge is 2.00. The molecule has 0 saturated heterocycles. The number of hydrogen-bond acceptors (Lipinski definition) is 3. The number of aromatic nitrogens is 2. The van der Waals surface area contributed by atoms with E-state index in [-0.39, 0.29) is 0 Å². The summed E-state index contributed by atoms with van der Waals surface area (Å²) in [4.78, 5) is 4.14. The quantitative estimate of drug-likeness (QED) is 0.664. The fraction of sp³-hybridized carbons (Fsp3) is 0.700. The lowest BCUT2D eigenvalue weighted by atomic mass is 10.4. The van der Waals surface area contributed by atoms with Crippen molar-refractivity contribution in [2.75, 3.05) is 20.3 Å². The lowest BCUT2D eigenvalue weighted by molar-refractivity contribution is 0.190. The molecule has 0 atom stereocenters. The summed E-state index contributed by atoms with van der Waals surface area (Å²) in [6.45, 7) is 5.77. The molecule has 1 aromatic heterocycles. The van der Waals surface area contributed by atoms with E-state index in [2.05, 4.69) is 21.8 Å². The number of aryl methyl sites for hydroxylation is 1. The normalized spacial score (nSPS) is 10.7. The third-order valence-electron chi connectivity index (χ3n) is 2.10. The van der Waals surface area contributed by atoms with Crippen molar-refractivity contribution < 1.29 is 4.74 Å². The van der Waals surface area contributed by atoms with Gasteiger partial charge in [-0.05, 0) is 13.0 Å². The SMILES string of the molecule is CCNCc1cncn1CCCOC. The van der Waals surface area contributed by atoms with E-state index in [0.717, 1.165) is 32.7 Å². The van der Waals surface area contributed by atoms with E-state index in [0.29, 0.717) is 0 Å². The standard InChI is InChI=1S/C10H19N3O/c1-3-11-7-10-8-12-9-13(10)5-4-6-14-2/h8-9,11H,3-7H2,1-2H3. The highest BCUT2D eigenvalue weighted by atomic mass is 16.5. The molecule has 0 unspecified atom stereocenters. The largest absolute Gasteiger partial charge is 0.385 e. The molecule has 0 fully saturated rings. The van der Waals surface area contributed by atoms with Gasteiger partial charge in [0.2, 0.25) is 0 Å². The highest BCUT2D eigenvalue weighted by molar-refractivity contribution is 4.97.